The Morgan fingerprint density at radius 1 is 1.17 bits per heavy atom. The minimum absolute atomic E-state index is 0.0297. The van der Waals surface area contributed by atoms with Crippen molar-refractivity contribution < 1.29 is 4.79 Å². The fourth-order valence-corrected chi connectivity index (χ4v) is 3.98. The van der Waals surface area contributed by atoms with Crippen molar-refractivity contribution in [2.75, 3.05) is 5.32 Å². The molecule has 2 heterocycles. The number of carbonyl (C=O) groups is 1. The zero-order valence-electron chi connectivity index (χ0n) is 12.5. The van der Waals surface area contributed by atoms with Crippen LogP contribution in [0.25, 0.3) is 5.69 Å². The molecule has 0 atom stereocenters. The summed E-state index contributed by atoms with van der Waals surface area (Å²) in [6, 6.07) is 9.62. The van der Waals surface area contributed by atoms with E-state index in [4.69, 9.17) is 0 Å². The van der Waals surface area contributed by atoms with Gasteiger partial charge in [-0.2, -0.15) is 5.10 Å². The maximum atomic E-state index is 12.4. The summed E-state index contributed by atoms with van der Waals surface area (Å²) < 4.78 is 1.68. The molecule has 23 heavy (non-hydrogen) atoms. The Labute approximate surface area is 138 Å². The van der Waals surface area contributed by atoms with Gasteiger partial charge in [-0.1, -0.05) is 0 Å². The third-order valence-corrected chi connectivity index (χ3v) is 5.26. The number of fused-ring (bicyclic) bond motifs is 1. The molecule has 4 rings (SSSR count). The Kier molecular flexibility index (Phi) is 3.67. The molecular formula is C17H16N4OS. The van der Waals surface area contributed by atoms with Crippen molar-refractivity contribution in [3.05, 3.63) is 58.3 Å². The molecule has 1 aliphatic rings. The van der Waals surface area contributed by atoms with Gasteiger partial charge in [0.1, 0.15) is 12.7 Å². The summed E-state index contributed by atoms with van der Waals surface area (Å²) in [6.07, 6.45) is 7.82. The number of rotatable bonds is 3. The van der Waals surface area contributed by atoms with E-state index >= 15 is 0 Å². The zero-order chi connectivity index (χ0) is 15.6. The molecule has 1 aromatic carbocycles. The van der Waals surface area contributed by atoms with Crippen LogP contribution in [0, 0.1) is 0 Å². The fraction of sp³-hybridized carbons (Fsp3) is 0.235. The highest BCUT2D eigenvalue weighted by molar-refractivity contribution is 7.14. The van der Waals surface area contributed by atoms with E-state index in [-0.39, 0.29) is 5.91 Å². The van der Waals surface area contributed by atoms with Crippen molar-refractivity contribution in [1.82, 2.24) is 14.8 Å². The van der Waals surface area contributed by atoms with E-state index in [0.29, 0.717) is 0 Å². The summed E-state index contributed by atoms with van der Waals surface area (Å²) in [7, 11) is 0. The second kappa shape index (κ2) is 5.96. The molecule has 0 fully saturated rings. The van der Waals surface area contributed by atoms with Gasteiger partial charge in [-0.05, 0) is 61.6 Å². The van der Waals surface area contributed by atoms with Crippen LogP contribution in [0.15, 0.2) is 43.0 Å². The normalized spacial score (nSPS) is 13.6. The molecule has 116 valence electrons. The van der Waals surface area contributed by atoms with Crippen LogP contribution in [-0.4, -0.2) is 20.7 Å². The van der Waals surface area contributed by atoms with E-state index in [1.54, 1.807) is 22.3 Å². The van der Waals surface area contributed by atoms with E-state index in [2.05, 4.69) is 21.5 Å². The Bertz CT molecular complexity index is 797. The van der Waals surface area contributed by atoms with Crippen LogP contribution in [0.2, 0.25) is 0 Å². The number of benzene rings is 1. The Balaban J connectivity index is 1.49. The van der Waals surface area contributed by atoms with E-state index < -0.39 is 0 Å². The van der Waals surface area contributed by atoms with E-state index in [1.807, 2.05) is 24.3 Å². The molecule has 0 unspecified atom stereocenters. The molecule has 0 saturated carbocycles. The molecule has 0 aliphatic heterocycles. The standard InChI is InChI=1S/C17H16N4OS/c22-17(16-9-12-3-1-2-4-15(12)23-16)20-13-5-7-14(8-6-13)21-11-18-10-19-21/h5-11H,1-4H2,(H,20,22). The first-order valence-corrected chi connectivity index (χ1v) is 8.49. The van der Waals surface area contributed by atoms with Gasteiger partial charge in [-0.15, -0.1) is 11.3 Å². The van der Waals surface area contributed by atoms with Crippen LogP contribution < -0.4 is 5.32 Å². The largest absolute Gasteiger partial charge is 0.321 e. The molecular weight excluding hydrogens is 308 g/mol. The Hall–Kier alpha value is -2.47. The maximum Gasteiger partial charge on any atom is 0.265 e. The average Bonchev–Trinajstić information content (AvgIpc) is 3.25. The zero-order valence-corrected chi connectivity index (χ0v) is 13.3. The summed E-state index contributed by atoms with van der Waals surface area (Å²) in [6.45, 7) is 0. The molecule has 0 spiro atoms. The van der Waals surface area contributed by atoms with Crippen molar-refractivity contribution in [1.29, 1.82) is 0 Å². The van der Waals surface area contributed by atoms with Gasteiger partial charge in [-0.25, -0.2) is 9.67 Å². The third kappa shape index (κ3) is 2.90. The van der Waals surface area contributed by atoms with Gasteiger partial charge in [0.25, 0.3) is 5.91 Å². The number of nitrogens with one attached hydrogen (secondary N) is 1. The van der Waals surface area contributed by atoms with Crippen LogP contribution in [0.1, 0.15) is 33.0 Å². The minimum atomic E-state index is -0.0297. The first-order chi connectivity index (χ1) is 11.3. The highest BCUT2D eigenvalue weighted by Gasteiger charge is 2.17. The first kappa shape index (κ1) is 14.1. The second-order valence-corrected chi connectivity index (χ2v) is 6.74. The number of carbonyl (C=O) groups excluding carboxylic acids is 1. The molecule has 3 aromatic rings. The van der Waals surface area contributed by atoms with E-state index in [1.165, 1.54) is 29.6 Å². The molecule has 0 saturated heterocycles. The van der Waals surface area contributed by atoms with E-state index in [9.17, 15) is 4.79 Å². The predicted molar refractivity (Wildman–Crippen MR) is 90.3 cm³/mol. The average molecular weight is 324 g/mol. The lowest BCUT2D eigenvalue weighted by molar-refractivity contribution is 0.103. The lowest BCUT2D eigenvalue weighted by Gasteiger charge is -2.08. The van der Waals surface area contributed by atoms with Gasteiger partial charge in [0, 0.05) is 10.6 Å². The summed E-state index contributed by atoms with van der Waals surface area (Å²) >= 11 is 1.63. The SMILES string of the molecule is O=C(Nc1ccc(-n2cncn2)cc1)c1cc2c(s1)CCCC2. The van der Waals surface area contributed by atoms with Crippen molar-refractivity contribution in [2.45, 2.75) is 25.7 Å². The maximum absolute atomic E-state index is 12.4. The molecule has 2 aromatic heterocycles. The quantitative estimate of drug-likeness (QED) is 0.802. The van der Waals surface area contributed by atoms with Gasteiger partial charge in [-0.3, -0.25) is 4.79 Å². The minimum Gasteiger partial charge on any atom is -0.321 e. The summed E-state index contributed by atoms with van der Waals surface area (Å²) in [4.78, 5) is 18.5. The lowest BCUT2D eigenvalue weighted by atomic mass is 9.99. The number of thiophene rings is 1. The summed E-state index contributed by atoms with van der Waals surface area (Å²) in [5, 5.41) is 7.05. The monoisotopic (exact) mass is 324 g/mol. The second-order valence-electron chi connectivity index (χ2n) is 5.61. The Morgan fingerprint density at radius 2 is 2.00 bits per heavy atom. The number of hydrogen-bond donors (Lipinski definition) is 1. The lowest BCUT2D eigenvalue weighted by Crippen LogP contribution is -2.10. The van der Waals surface area contributed by atoms with Gasteiger partial charge in [0.05, 0.1) is 10.6 Å². The Morgan fingerprint density at radius 3 is 2.74 bits per heavy atom. The van der Waals surface area contributed by atoms with Crippen LogP contribution in [0.3, 0.4) is 0 Å². The molecule has 6 heteroatoms. The van der Waals surface area contributed by atoms with Crippen molar-refractivity contribution in [3.8, 4) is 5.69 Å². The van der Waals surface area contributed by atoms with Crippen LogP contribution in [0.5, 0.6) is 0 Å². The van der Waals surface area contributed by atoms with Gasteiger partial charge in [0.2, 0.25) is 0 Å². The fourth-order valence-electron chi connectivity index (χ4n) is 2.83. The highest BCUT2D eigenvalue weighted by Crippen LogP contribution is 2.30. The highest BCUT2D eigenvalue weighted by atomic mass is 32.1. The smallest absolute Gasteiger partial charge is 0.265 e. The van der Waals surface area contributed by atoms with Crippen molar-refractivity contribution >= 4 is 22.9 Å². The number of aryl methyl sites for hydroxylation is 2. The van der Waals surface area contributed by atoms with Crippen molar-refractivity contribution in [2.24, 2.45) is 0 Å². The van der Waals surface area contributed by atoms with Gasteiger partial charge in [0.15, 0.2) is 0 Å². The molecule has 1 aliphatic carbocycles. The molecule has 5 nitrogen and oxygen atoms in total. The van der Waals surface area contributed by atoms with Gasteiger partial charge < -0.3 is 5.32 Å². The third-order valence-electron chi connectivity index (χ3n) is 4.03. The summed E-state index contributed by atoms with van der Waals surface area (Å²) in [5.74, 6) is -0.0297. The molecule has 1 N–H and O–H groups in total. The number of amides is 1. The van der Waals surface area contributed by atoms with Crippen LogP contribution in [-0.2, 0) is 12.8 Å². The topological polar surface area (TPSA) is 59.8 Å². The van der Waals surface area contributed by atoms with Crippen LogP contribution >= 0.6 is 11.3 Å². The number of aromatic nitrogens is 3. The molecule has 1 amide bonds. The number of nitrogens with zero attached hydrogens (tertiary/aromatic N) is 3. The summed E-state index contributed by atoms with van der Waals surface area (Å²) in [5.41, 5.74) is 3.05. The van der Waals surface area contributed by atoms with Crippen molar-refractivity contribution in [3.63, 3.8) is 0 Å². The number of hydrogen-bond acceptors (Lipinski definition) is 4. The van der Waals surface area contributed by atoms with Crippen LogP contribution in [0.4, 0.5) is 5.69 Å². The first-order valence-electron chi connectivity index (χ1n) is 7.67. The van der Waals surface area contributed by atoms with E-state index in [0.717, 1.165) is 29.1 Å². The van der Waals surface area contributed by atoms with Gasteiger partial charge >= 0.3 is 0 Å². The molecule has 0 bridgehead atoms. The molecule has 0 radical (unpaired) electrons. The predicted octanol–water partition coefficient (Wildman–Crippen LogP) is 3.46. The number of anilines is 1.